The molecule has 1 aromatic heterocycles. The normalized spacial score (nSPS) is 15.3. The minimum Gasteiger partial charge on any atom is -0.352 e. The second kappa shape index (κ2) is 9.12. The van der Waals surface area contributed by atoms with Gasteiger partial charge in [-0.15, -0.1) is 10.2 Å². The SMILES string of the molecule is O=S(=O)(CCc1ccccc1)N1CCN(c2ccc(-c3ccc(Cl)cc3)nn2)CC1. The van der Waals surface area contributed by atoms with Crippen molar-refractivity contribution in [2.45, 2.75) is 6.42 Å². The number of hydrogen-bond acceptors (Lipinski definition) is 5. The van der Waals surface area contributed by atoms with E-state index in [1.165, 1.54) is 0 Å². The molecule has 0 bridgehead atoms. The molecule has 0 aliphatic carbocycles. The van der Waals surface area contributed by atoms with Crippen LogP contribution in [0.4, 0.5) is 5.82 Å². The van der Waals surface area contributed by atoms with Gasteiger partial charge in [0.2, 0.25) is 10.0 Å². The van der Waals surface area contributed by atoms with E-state index in [4.69, 9.17) is 11.6 Å². The molecule has 1 fully saturated rings. The number of benzene rings is 2. The van der Waals surface area contributed by atoms with Crippen LogP contribution in [0.5, 0.6) is 0 Å². The molecule has 1 aliphatic rings. The van der Waals surface area contributed by atoms with E-state index in [0.717, 1.165) is 22.6 Å². The monoisotopic (exact) mass is 442 g/mol. The molecule has 0 radical (unpaired) electrons. The Morgan fingerprint density at radius 2 is 1.53 bits per heavy atom. The van der Waals surface area contributed by atoms with Gasteiger partial charge in [-0.1, -0.05) is 54.1 Å². The van der Waals surface area contributed by atoms with Gasteiger partial charge in [0.05, 0.1) is 11.4 Å². The van der Waals surface area contributed by atoms with Gasteiger partial charge in [0.25, 0.3) is 0 Å². The fourth-order valence-electron chi connectivity index (χ4n) is 3.48. The van der Waals surface area contributed by atoms with Gasteiger partial charge >= 0.3 is 0 Å². The summed E-state index contributed by atoms with van der Waals surface area (Å²) in [5.74, 6) is 0.890. The van der Waals surface area contributed by atoms with Crippen molar-refractivity contribution in [3.05, 3.63) is 77.3 Å². The minimum absolute atomic E-state index is 0.132. The summed E-state index contributed by atoms with van der Waals surface area (Å²) < 4.78 is 27.0. The Hall–Kier alpha value is -2.48. The van der Waals surface area contributed by atoms with Crippen molar-refractivity contribution in [1.29, 1.82) is 0 Å². The van der Waals surface area contributed by atoms with Gasteiger partial charge in [-0.05, 0) is 36.2 Å². The number of anilines is 1. The highest BCUT2D eigenvalue weighted by Crippen LogP contribution is 2.21. The van der Waals surface area contributed by atoms with Gasteiger partial charge in [0.1, 0.15) is 0 Å². The van der Waals surface area contributed by atoms with Crippen LogP contribution in [0.2, 0.25) is 5.02 Å². The molecule has 156 valence electrons. The fraction of sp³-hybridized carbons (Fsp3) is 0.273. The molecular weight excluding hydrogens is 420 g/mol. The zero-order valence-corrected chi connectivity index (χ0v) is 18.1. The van der Waals surface area contributed by atoms with Crippen LogP contribution >= 0.6 is 11.6 Å². The molecule has 30 heavy (non-hydrogen) atoms. The molecule has 0 atom stereocenters. The van der Waals surface area contributed by atoms with Crippen LogP contribution in [0.3, 0.4) is 0 Å². The maximum Gasteiger partial charge on any atom is 0.214 e. The van der Waals surface area contributed by atoms with Crippen molar-refractivity contribution in [2.75, 3.05) is 36.8 Å². The number of sulfonamides is 1. The second-order valence-electron chi connectivity index (χ2n) is 7.22. The van der Waals surface area contributed by atoms with Crippen LogP contribution in [-0.2, 0) is 16.4 Å². The highest BCUT2D eigenvalue weighted by molar-refractivity contribution is 7.89. The van der Waals surface area contributed by atoms with E-state index in [1.807, 2.05) is 66.7 Å². The molecule has 0 amide bonds. The number of aromatic nitrogens is 2. The smallest absolute Gasteiger partial charge is 0.214 e. The molecule has 0 saturated carbocycles. The number of halogens is 1. The first-order valence-electron chi connectivity index (χ1n) is 9.88. The molecule has 0 N–H and O–H groups in total. The molecule has 1 aliphatic heterocycles. The van der Waals surface area contributed by atoms with Gasteiger partial charge in [-0.3, -0.25) is 0 Å². The quantitative estimate of drug-likeness (QED) is 0.584. The molecule has 6 nitrogen and oxygen atoms in total. The predicted molar refractivity (Wildman–Crippen MR) is 120 cm³/mol. The van der Waals surface area contributed by atoms with Crippen LogP contribution in [0.1, 0.15) is 5.56 Å². The maximum atomic E-state index is 12.7. The van der Waals surface area contributed by atoms with Crippen LogP contribution in [0, 0.1) is 0 Å². The van der Waals surface area contributed by atoms with E-state index < -0.39 is 10.0 Å². The Kier molecular flexibility index (Phi) is 6.32. The summed E-state index contributed by atoms with van der Waals surface area (Å²) in [7, 11) is -3.27. The van der Waals surface area contributed by atoms with Crippen LogP contribution in [0.15, 0.2) is 66.7 Å². The largest absolute Gasteiger partial charge is 0.352 e. The first-order chi connectivity index (χ1) is 14.5. The highest BCUT2D eigenvalue weighted by atomic mass is 35.5. The summed E-state index contributed by atoms with van der Waals surface area (Å²) in [6, 6.07) is 21.0. The Balaban J connectivity index is 1.34. The second-order valence-corrected chi connectivity index (χ2v) is 9.75. The topological polar surface area (TPSA) is 66.4 Å². The van der Waals surface area contributed by atoms with Crippen molar-refractivity contribution in [1.82, 2.24) is 14.5 Å². The summed E-state index contributed by atoms with van der Waals surface area (Å²) in [5, 5.41) is 9.34. The molecule has 2 heterocycles. The standard InChI is InChI=1S/C22H23ClN4O2S/c23-20-8-6-19(7-9-20)21-10-11-22(25-24-21)26-13-15-27(16-14-26)30(28,29)17-12-18-4-2-1-3-5-18/h1-11H,12-17H2. The lowest BCUT2D eigenvalue weighted by Crippen LogP contribution is -2.49. The molecule has 8 heteroatoms. The summed E-state index contributed by atoms with van der Waals surface area (Å²) in [6.07, 6.45) is 0.529. The molecule has 4 rings (SSSR count). The summed E-state index contributed by atoms with van der Waals surface area (Å²) in [4.78, 5) is 2.07. The first-order valence-corrected chi connectivity index (χ1v) is 11.9. The number of rotatable bonds is 6. The highest BCUT2D eigenvalue weighted by Gasteiger charge is 2.27. The van der Waals surface area contributed by atoms with Gasteiger partial charge in [0, 0.05) is 36.8 Å². The predicted octanol–water partition coefficient (Wildman–Crippen LogP) is 3.49. The number of piperazine rings is 1. The Bertz CT molecular complexity index is 1070. The maximum absolute atomic E-state index is 12.7. The lowest BCUT2D eigenvalue weighted by Gasteiger charge is -2.34. The lowest BCUT2D eigenvalue weighted by molar-refractivity contribution is 0.383. The van der Waals surface area contributed by atoms with Crippen molar-refractivity contribution < 1.29 is 8.42 Å². The molecular formula is C22H23ClN4O2S. The Morgan fingerprint density at radius 3 is 2.17 bits per heavy atom. The van der Waals surface area contributed by atoms with E-state index in [2.05, 4.69) is 15.1 Å². The average molecular weight is 443 g/mol. The first kappa shape index (κ1) is 20.8. The number of hydrogen-bond donors (Lipinski definition) is 0. The van der Waals surface area contributed by atoms with Crippen molar-refractivity contribution in [2.24, 2.45) is 0 Å². The van der Waals surface area contributed by atoms with Gasteiger partial charge in [0.15, 0.2) is 5.82 Å². The summed E-state index contributed by atoms with van der Waals surface area (Å²) in [6.45, 7) is 2.11. The zero-order chi connectivity index (χ0) is 21.0. The van der Waals surface area contributed by atoms with Crippen LogP contribution in [-0.4, -0.2) is 54.9 Å². The van der Waals surface area contributed by atoms with Gasteiger partial charge in [-0.25, -0.2) is 8.42 Å². The van der Waals surface area contributed by atoms with E-state index in [1.54, 1.807) is 4.31 Å². The zero-order valence-electron chi connectivity index (χ0n) is 16.5. The molecule has 1 saturated heterocycles. The Labute approximate surface area is 182 Å². The average Bonchev–Trinajstić information content (AvgIpc) is 2.79. The van der Waals surface area contributed by atoms with Crippen molar-refractivity contribution >= 4 is 27.4 Å². The van der Waals surface area contributed by atoms with Crippen molar-refractivity contribution in [3.63, 3.8) is 0 Å². The minimum atomic E-state index is -3.27. The van der Waals surface area contributed by atoms with Gasteiger partial charge < -0.3 is 4.90 Å². The van der Waals surface area contributed by atoms with Crippen LogP contribution < -0.4 is 4.90 Å². The molecule has 3 aromatic rings. The lowest BCUT2D eigenvalue weighted by atomic mass is 10.1. The van der Waals surface area contributed by atoms with Crippen molar-refractivity contribution in [3.8, 4) is 11.3 Å². The third kappa shape index (κ3) is 4.98. The van der Waals surface area contributed by atoms with E-state index in [-0.39, 0.29) is 5.75 Å². The molecule has 2 aromatic carbocycles. The number of nitrogens with zero attached hydrogens (tertiary/aromatic N) is 4. The summed E-state index contributed by atoms with van der Waals surface area (Å²) >= 11 is 5.93. The van der Waals surface area contributed by atoms with Gasteiger partial charge in [-0.2, -0.15) is 4.31 Å². The third-order valence-corrected chi connectivity index (χ3v) is 7.36. The fourth-order valence-corrected chi connectivity index (χ4v) is 5.08. The van der Waals surface area contributed by atoms with Crippen LogP contribution in [0.25, 0.3) is 11.3 Å². The summed E-state index contributed by atoms with van der Waals surface area (Å²) in [5.41, 5.74) is 2.76. The van der Waals surface area contributed by atoms with E-state index in [9.17, 15) is 8.42 Å². The third-order valence-electron chi connectivity index (χ3n) is 5.24. The molecule has 0 spiro atoms. The van der Waals surface area contributed by atoms with E-state index in [0.29, 0.717) is 37.6 Å². The molecule has 0 unspecified atom stereocenters. The Morgan fingerprint density at radius 1 is 0.833 bits per heavy atom. The van der Waals surface area contributed by atoms with E-state index >= 15 is 0 Å². The number of aryl methyl sites for hydroxylation is 1.